The number of aliphatic hydroxyl groups is 2. The molecular weight excluding hydrogens is 190 g/mol. The van der Waals surface area contributed by atoms with Crippen molar-refractivity contribution in [2.24, 2.45) is 0 Å². The second-order valence-corrected chi connectivity index (χ2v) is 4.25. The van der Waals surface area contributed by atoms with E-state index in [0.29, 0.717) is 6.54 Å². The molecule has 0 saturated carbocycles. The predicted molar refractivity (Wildman–Crippen MR) is 59.7 cm³/mol. The van der Waals surface area contributed by atoms with Crippen molar-refractivity contribution < 1.29 is 14.7 Å². The van der Waals surface area contributed by atoms with E-state index in [2.05, 4.69) is 0 Å². The highest BCUT2D eigenvalue weighted by Crippen LogP contribution is 2.18. The fourth-order valence-electron chi connectivity index (χ4n) is 1.55. The molecule has 0 aliphatic heterocycles. The van der Waals surface area contributed by atoms with Crippen molar-refractivity contribution in [3.63, 3.8) is 0 Å². The van der Waals surface area contributed by atoms with E-state index in [9.17, 15) is 10.2 Å². The van der Waals surface area contributed by atoms with Crippen LogP contribution in [0.2, 0.25) is 0 Å². The molecule has 1 rings (SSSR count). The summed E-state index contributed by atoms with van der Waals surface area (Å²) in [7, 11) is 1.85. The van der Waals surface area contributed by atoms with Crippen LogP contribution in [-0.4, -0.2) is 34.2 Å². The molecule has 0 spiro atoms. The van der Waals surface area contributed by atoms with Crippen LogP contribution in [0.15, 0.2) is 30.3 Å². The first-order chi connectivity index (χ1) is 6.97. The van der Waals surface area contributed by atoms with Crippen LogP contribution < -0.4 is 0 Å². The van der Waals surface area contributed by atoms with E-state index in [4.69, 9.17) is 0 Å². The summed E-state index contributed by atoms with van der Waals surface area (Å²) >= 11 is 0. The Hall–Kier alpha value is -0.900. The summed E-state index contributed by atoms with van der Waals surface area (Å²) in [5.41, 5.74) is 1.11. The van der Waals surface area contributed by atoms with Crippen molar-refractivity contribution in [2.75, 3.05) is 7.05 Å². The van der Waals surface area contributed by atoms with Crippen molar-refractivity contribution >= 4 is 0 Å². The lowest BCUT2D eigenvalue weighted by atomic mass is 10.2. The maximum Gasteiger partial charge on any atom is 0.189 e. The molecular formula is C12H20NO2+. The number of rotatable bonds is 4. The van der Waals surface area contributed by atoms with E-state index in [0.717, 1.165) is 5.56 Å². The highest BCUT2D eigenvalue weighted by molar-refractivity contribution is 5.13. The lowest BCUT2D eigenvalue weighted by molar-refractivity contribution is -1.00. The summed E-state index contributed by atoms with van der Waals surface area (Å²) < 4.78 is 0.212. The minimum absolute atomic E-state index is 0.212. The molecule has 0 bridgehead atoms. The van der Waals surface area contributed by atoms with Crippen LogP contribution in [0.1, 0.15) is 19.4 Å². The molecule has 2 N–H and O–H groups in total. The Morgan fingerprint density at radius 1 is 1.07 bits per heavy atom. The minimum atomic E-state index is -0.592. The Kier molecular flexibility index (Phi) is 3.85. The average Bonchev–Trinajstić information content (AvgIpc) is 2.18. The third-order valence-corrected chi connectivity index (χ3v) is 3.07. The Balaban J connectivity index is 2.85. The SMILES string of the molecule is CC(O)[N+](C)(Cc1ccccc1)C(C)O. The summed E-state index contributed by atoms with van der Waals surface area (Å²) in [5, 5.41) is 19.4. The normalized spacial score (nSPS) is 19.3. The second-order valence-electron chi connectivity index (χ2n) is 4.25. The molecule has 0 heterocycles. The van der Waals surface area contributed by atoms with Crippen molar-refractivity contribution in [1.29, 1.82) is 0 Å². The average molecular weight is 210 g/mol. The van der Waals surface area contributed by atoms with Gasteiger partial charge in [0, 0.05) is 19.4 Å². The monoisotopic (exact) mass is 210 g/mol. The Labute approximate surface area is 91.2 Å². The van der Waals surface area contributed by atoms with Gasteiger partial charge in [0.15, 0.2) is 12.5 Å². The number of nitrogens with zero attached hydrogens (tertiary/aromatic N) is 1. The number of hydrogen-bond donors (Lipinski definition) is 2. The van der Waals surface area contributed by atoms with Gasteiger partial charge < -0.3 is 10.2 Å². The molecule has 15 heavy (non-hydrogen) atoms. The molecule has 0 aliphatic rings. The first kappa shape index (κ1) is 12.2. The number of quaternary nitrogens is 1. The third kappa shape index (κ3) is 2.78. The molecule has 0 radical (unpaired) electrons. The summed E-state index contributed by atoms with van der Waals surface area (Å²) in [6.07, 6.45) is -1.18. The first-order valence-corrected chi connectivity index (χ1v) is 5.22. The van der Waals surface area contributed by atoms with Crippen LogP contribution in [-0.2, 0) is 6.54 Å². The van der Waals surface area contributed by atoms with Crippen LogP contribution in [0.25, 0.3) is 0 Å². The van der Waals surface area contributed by atoms with Gasteiger partial charge in [-0.1, -0.05) is 30.3 Å². The zero-order chi connectivity index (χ0) is 11.5. The van der Waals surface area contributed by atoms with E-state index in [1.165, 1.54) is 0 Å². The van der Waals surface area contributed by atoms with Crippen molar-refractivity contribution in [2.45, 2.75) is 32.8 Å². The molecule has 2 atom stereocenters. The van der Waals surface area contributed by atoms with Crippen molar-refractivity contribution in [3.8, 4) is 0 Å². The predicted octanol–water partition coefficient (Wildman–Crippen LogP) is 1.31. The molecule has 0 aliphatic carbocycles. The van der Waals surface area contributed by atoms with Crippen molar-refractivity contribution in [1.82, 2.24) is 0 Å². The summed E-state index contributed by atoms with van der Waals surface area (Å²) in [6.45, 7) is 4.03. The van der Waals surface area contributed by atoms with Crippen molar-refractivity contribution in [3.05, 3.63) is 35.9 Å². The lowest BCUT2D eigenvalue weighted by Gasteiger charge is -2.39. The molecule has 0 saturated heterocycles. The van der Waals surface area contributed by atoms with Gasteiger partial charge in [0.1, 0.15) is 6.54 Å². The zero-order valence-corrected chi connectivity index (χ0v) is 9.59. The van der Waals surface area contributed by atoms with E-state index in [1.54, 1.807) is 13.8 Å². The molecule has 84 valence electrons. The van der Waals surface area contributed by atoms with Gasteiger partial charge in [0.05, 0.1) is 7.05 Å². The van der Waals surface area contributed by atoms with Gasteiger partial charge in [0.25, 0.3) is 0 Å². The molecule has 3 nitrogen and oxygen atoms in total. The van der Waals surface area contributed by atoms with Crippen LogP contribution in [0.3, 0.4) is 0 Å². The lowest BCUT2D eigenvalue weighted by Crippen LogP contribution is -2.55. The van der Waals surface area contributed by atoms with E-state index < -0.39 is 12.5 Å². The largest absolute Gasteiger partial charge is 0.345 e. The second kappa shape index (κ2) is 4.75. The topological polar surface area (TPSA) is 40.5 Å². The van der Waals surface area contributed by atoms with Gasteiger partial charge in [-0.2, -0.15) is 0 Å². The van der Waals surface area contributed by atoms with Crippen LogP contribution >= 0.6 is 0 Å². The molecule has 1 aromatic rings. The number of aliphatic hydroxyl groups excluding tert-OH is 2. The number of hydrogen-bond acceptors (Lipinski definition) is 2. The Morgan fingerprint density at radius 3 is 1.93 bits per heavy atom. The summed E-state index contributed by atoms with van der Waals surface area (Å²) in [4.78, 5) is 0. The van der Waals surface area contributed by atoms with Gasteiger partial charge in [0.2, 0.25) is 0 Å². The fourth-order valence-corrected chi connectivity index (χ4v) is 1.55. The molecule has 0 fully saturated rings. The highest BCUT2D eigenvalue weighted by atomic mass is 16.3. The third-order valence-electron chi connectivity index (χ3n) is 3.07. The highest BCUT2D eigenvalue weighted by Gasteiger charge is 2.32. The van der Waals surface area contributed by atoms with Gasteiger partial charge >= 0.3 is 0 Å². The minimum Gasteiger partial charge on any atom is -0.345 e. The van der Waals surface area contributed by atoms with E-state index >= 15 is 0 Å². The Bertz CT molecular complexity index is 288. The Morgan fingerprint density at radius 2 is 1.53 bits per heavy atom. The molecule has 1 aromatic carbocycles. The van der Waals surface area contributed by atoms with Gasteiger partial charge in [-0.15, -0.1) is 0 Å². The molecule has 0 aromatic heterocycles. The fraction of sp³-hybridized carbons (Fsp3) is 0.500. The van der Waals surface area contributed by atoms with Crippen LogP contribution in [0.4, 0.5) is 0 Å². The van der Waals surface area contributed by atoms with E-state index in [-0.39, 0.29) is 4.48 Å². The maximum absolute atomic E-state index is 9.72. The van der Waals surface area contributed by atoms with Gasteiger partial charge in [-0.05, 0) is 0 Å². The first-order valence-electron chi connectivity index (χ1n) is 5.22. The standard InChI is InChI=1S/C12H20NO2/c1-10(14)13(3,11(2)15)9-12-7-5-4-6-8-12/h4-8,10-11,14-15H,9H2,1-3H3/q+1. The van der Waals surface area contributed by atoms with E-state index in [1.807, 2.05) is 37.4 Å². The van der Waals surface area contributed by atoms with Crippen LogP contribution in [0.5, 0.6) is 0 Å². The number of benzene rings is 1. The summed E-state index contributed by atoms with van der Waals surface area (Å²) in [5.74, 6) is 0. The molecule has 3 heteroatoms. The smallest absolute Gasteiger partial charge is 0.189 e. The molecule has 2 unspecified atom stereocenters. The van der Waals surface area contributed by atoms with Gasteiger partial charge in [-0.3, -0.25) is 4.48 Å². The zero-order valence-electron chi connectivity index (χ0n) is 9.59. The van der Waals surface area contributed by atoms with Gasteiger partial charge in [-0.25, -0.2) is 0 Å². The maximum atomic E-state index is 9.72. The summed E-state index contributed by atoms with van der Waals surface area (Å²) in [6, 6.07) is 9.88. The molecule has 0 amide bonds. The van der Waals surface area contributed by atoms with Crippen LogP contribution in [0, 0.1) is 0 Å². The quantitative estimate of drug-likeness (QED) is 0.581.